The minimum Gasteiger partial charge on any atom is -0.325 e. The summed E-state index contributed by atoms with van der Waals surface area (Å²) in [5, 5.41) is 5.25. The van der Waals surface area contributed by atoms with Gasteiger partial charge in [-0.15, -0.1) is 0 Å². The molecule has 1 heterocycles. The van der Waals surface area contributed by atoms with Gasteiger partial charge in [0.25, 0.3) is 5.91 Å². The Morgan fingerprint density at radius 1 is 1.17 bits per heavy atom. The first kappa shape index (κ1) is 20.7. The van der Waals surface area contributed by atoms with Crippen molar-refractivity contribution in [2.45, 2.75) is 18.6 Å². The van der Waals surface area contributed by atoms with Gasteiger partial charge in [-0.1, -0.05) is 29.8 Å². The first-order valence-electron chi connectivity index (χ1n) is 8.38. The second-order valence-corrected chi connectivity index (χ2v) is 7.02. The molecule has 10 heteroatoms. The van der Waals surface area contributed by atoms with Crippen LogP contribution in [-0.2, 0) is 21.3 Å². The quantitative estimate of drug-likeness (QED) is 0.732. The molecule has 0 radical (unpaired) electrons. The smallest absolute Gasteiger partial charge is 0.325 e. The second-order valence-electron chi connectivity index (χ2n) is 6.58. The van der Waals surface area contributed by atoms with Gasteiger partial charge in [-0.2, -0.15) is 13.2 Å². The Labute approximate surface area is 168 Å². The lowest BCUT2D eigenvalue weighted by atomic mass is 9.92. The number of anilines is 1. The van der Waals surface area contributed by atoms with Crippen LogP contribution in [0.5, 0.6) is 0 Å². The fourth-order valence-electron chi connectivity index (χ4n) is 2.94. The second kappa shape index (κ2) is 7.40. The molecule has 0 aliphatic carbocycles. The number of carbonyl (C=O) groups is 3. The molecule has 0 saturated carbocycles. The van der Waals surface area contributed by atoms with Gasteiger partial charge in [0.05, 0.1) is 5.56 Å². The normalized spacial score (nSPS) is 19.3. The number of alkyl halides is 3. The van der Waals surface area contributed by atoms with Gasteiger partial charge in [-0.05, 0) is 42.8 Å². The summed E-state index contributed by atoms with van der Waals surface area (Å²) in [6.45, 7) is 0.839. The maximum absolute atomic E-state index is 12.8. The van der Waals surface area contributed by atoms with Crippen LogP contribution >= 0.6 is 11.6 Å². The molecule has 29 heavy (non-hydrogen) atoms. The standard InChI is InChI=1S/C19H15ClF3N3O3/c1-18(11-5-7-13(20)8-6-11)16(28)26(17(29)25-18)10-15(27)24-14-4-2-3-12(9-14)19(21,22)23/h2-9H,10H2,1H3,(H,24,27)(H,25,29)/t18-/m0/s1. The molecule has 0 bridgehead atoms. The number of rotatable bonds is 4. The van der Waals surface area contributed by atoms with E-state index in [1.54, 1.807) is 24.3 Å². The number of amides is 4. The Hall–Kier alpha value is -3.07. The Kier molecular flexibility index (Phi) is 5.27. The third-order valence-corrected chi connectivity index (χ3v) is 4.72. The lowest BCUT2D eigenvalue weighted by Gasteiger charge is -2.22. The molecule has 0 spiro atoms. The molecule has 0 aromatic heterocycles. The highest BCUT2D eigenvalue weighted by molar-refractivity contribution is 6.30. The highest BCUT2D eigenvalue weighted by Gasteiger charge is 2.49. The van der Waals surface area contributed by atoms with E-state index in [9.17, 15) is 27.6 Å². The van der Waals surface area contributed by atoms with Crippen LogP contribution in [0.3, 0.4) is 0 Å². The van der Waals surface area contributed by atoms with Crippen LogP contribution in [0.1, 0.15) is 18.1 Å². The highest BCUT2D eigenvalue weighted by atomic mass is 35.5. The molecular formula is C19H15ClF3N3O3. The topological polar surface area (TPSA) is 78.5 Å². The lowest BCUT2D eigenvalue weighted by Crippen LogP contribution is -2.42. The van der Waals surface area contributed by atoms with E-state index < -0.39 is 41.7 Å². The van der Waals surface area contributed by atoms with Crippen molar-refractivity contribution in [3.8, 4) is 0 Å². The molecule has 2 aromatic carbocycles. The first-order chi connectivity index (χ1) is 13.5. The van der Waals surface area contributed by atoms with Crippen LogP contribution < -0.4 is 10.6 Å². The van der Waals surface area contributed by atoms with Crippen LogP contribution in [0.15, 0.2) is 48.5 Å². The molecule has 152 valence electrons. The Bertz CT molecular complexity index is 979. The van der Waals surface area contributed by atoms with E-state index in [0.29, 0.717) is 15.5 Å². The third kappa shape index (κ3) is 4.19. The number of carbonyl (C=O) groups excluding carboxylic acids is 3. The zero-order chi connectivity index (χ0) is 21.4. The van der Waals surface area contributed by atoms with Crippen molar-refractivity contribution in [3.63, 3.8) is 0 Å². The molecule has 3 rings (SSSR count). The van der Waals surface area contributed by atoms with E-state index in [1.165, 1.54) is 13.0 Å². The average molecular weight is 426 g/mol. The fourth-order valence-corrected chi connectivity index (χ4v) is 3.06. The van der Waals surface area contributed by atoms with E-state index in [1.807, 2.05) is 0 Å². The molecule has 1 aliphatic heterocycles. The summed E-state index contributed by atoms with van der Waals surface area (Å²) in [7, 11) is 0. The number of urea groups is 1. The fraction of sp³-hybridized carbons (Fsp3) is 0.211. The maximum Gasteiger partial charge on any atom is 0.416 e. The van der Waals surface area contributed by atoms with E-state index in [-0.39, 0.29) is 5.69 Å². The van der Waals surface area contributed by atoms with Crippen LogP contribution in [0, 0.1) is 0 Å². The van der Waals surface area contributed by atoms with E-state index in [2.05, 4.69) is 10.6 Å². The minimum atomic E-state index is -4.56. The number of hydrogen-bond donors (Lipinski definition) is 2. The van der Waals surface area contributed by atoms with Crippen LogP contribution in [0.25, 0.3) is 0 Å². The number of nitrogens with zero attached hydrogens (tertiary/aromatic N) is 1. The minimum absolute atomic E-state index is 0.0997. The summed E-state index contributed by atoms with van der Waals surface area (Å²) in [4.78, 5) is 38.0. The van der Waals surface area contributed by atoms with Gasteiger partial charge < -0.3 is 10.6 Å². The monoisotopic (exact) mass is 425 g/mol. The first-order valence-corrected chi connectivity index (χ1v) is 8.76. The lowest BCUT2D eigenvalue weighted by molar-refractivity contribution is -0.137. The number of nitrogens with one attached hydrogen (secondary N) is 2. The largest absolute Gasteiger partial charge is 0.416 e. The molecule has 0 unspecified atom stereocenters. The molecule has 2 N–H and O–H groups in total. The summed E-state index contributed by atoms with van der Waals surface area (Å²) in [6, 6.07) is 9.54. The molecule has 2 aromatic rings. The molecule has 1 aliphatic rings. The van der Waals surface area contributed by atoms with Crippen LogP contribution in [0.2, 0.25) is 5.02 Å². The Balaban J connectivity index is 1.73. The molecular weight excluding hydrogens is 411 g/mol. The van der Waals surface area contributed by atoms with Crippen molar-refractivity contribution in [1.82, 2.24) is 10.2 Å². The molecule has 1 saturated heterocycles. The van der Waals surface area contributed by atoms with Crippen molar-refractivity contribution in [2.75, 3.05) is 11.9 Å². The van der Waals surface area contributed by atoms with Gasteiger partial charge >= 0.3 is 12.2 Å². The number of benzene rings is 2. The summed E-state index contributed by atoms with van der Waals surface area (Å²) < 4.78 is 38.3. The number of imide groups is 1. The molecule has 1 atom stereocenters. The van der Waals surface area contributed by atoms with Gasteiger partial charge in [-0.3, -0.25) is 14.5 Å². The average Bonchev–Trinajstić information content (AvgIpc) is 2.86. The summed E-state index contributed by atoms with van der Waals surface area (Å²) in [6.07, 6.45) is -4.56. The SMILES string of the molecule is C[C@@]1(c2ccc(Cl)cc2)NC(=O)N(CC(=O)Nc2cccc(C(F)(F)F)c2)C1=O. The van der Waals surface area contributed by atoms with Gasteiger partial charge in [0, 0.05) is 10.7 Å². The Morgan fingerprint density at radius 2 is 1.83 bits per heavy atom. The molecule has 6 nitrogen and oxygen atoms in total. The maximum atomic E-state index is 12.8. The third-order valence-electron chi connectivity index (χ3n) is 4.47. The summed E-state index contributed by atoms with van der Waals surface area (Å²) in [5.41, 5.74) is -1.95. The summed E-state index contributed by atoms with van der Waals surface area (Å²) in [5.74, 6) is -1.47. The van der Waals surface area contributed by atoms with Gasteiger partial charge in [0.2, 0.25) is 5.91 Å². The number of hydrogen-bond acceptors (Lipinski definition) is 3. The number of halogens is 4. The molecule has 4 amide bonds. The summed E-state index contributed by atoms with van der Waals surface area (Å²) >= 11 is 5.84. The Morgan fingerprint density at radius 3 is 2.45 bits per heavy atom. The predicted octanol–water partition coefficient (Wildman–Crippen LogP) is 3.76. The molecule has 1 fully saturated rings. The van der Waals surface area contributed by atoms with Crippen LogP contribution in [-0.4, -0.2) is 29.3 Å². The van der Waals surface area contributed by atoms with Crippen molar-refractivity contribution in [2.24, 2.45) is 0 Å². The van der Waals surface area contributed by atoms with Gasteiger partial charge in [0.1, 0.15) is 12.1 Å². The van der Waals surface area contributed by atoms with E-state index in [0.717, 1.165) is 18.2 Å². The van der Waals surface area contributed by atoms with Crippen LogP contribution in [0.4, 0.5) is 23.7 Å². The predicted molar refractivity (Wildman–Crippen MR) is 99.1 cm³/mol. The van der Waals surface area contributed by atoms with Crippen molar-refractivity contribution >= 4 is 35.1 Å². The van der Waals surface area contributed by atoms with Crippen molar-refractivity contribution in [1.29, 1.82) is 0 Å². The van der Waals surface area contributed by atoms with E-state index in [4.69, 9.17) is 11.6 Å². The highest BCUT2D eigenvalue weighted by Crippen LogP contribution is 2.31. The van der Waals surface area contributed by atoms with Crippen molar-refractivity contribution in [3.05, 3.63) is 64.7 Å². The van der Waals surface area contributed by atoms with E-state index >= 15 is 0 Å². The van der Waals surface area contributed by atoms with Gasteiger partial charge in [-0.25, -0.2) is 4.79 Å². The van der Waals surface area contributed by atoms with Crippen molar-refractivity contribution < 1.29 is 27.6 Å². The zero-order valence-corrected chi connectivity index (χ0v) is 15.8. The van der Waals surface area contributed by atoms with Gasteiger partial charge in [0.15, 0.2) is 0 Å². The zero-order valence-electron chi connectivity index (χ0n) is 15.0.